The van der Waals surface area contributed by atoms with Crippen molar-refractivity contribution >= 4 is 50.3 Å². The molecule has 0 radical (unpaired) electrons. The Morgan fingerprint density at radius 3 is 3.06 bits per heavy atom. The van der Waals surface area contributed by atoms with Crippen LogP contribution in [0.25, 0.3) is 10.2 Å². The third-order valence-electron chi connectivity index (χ3n) is 2.38. The van der Waals surface area contributed by atoms with Gasteiger partial charge in [-0.1, -0.05) is 0 Å². The van der Waals surface area contributed by atoms with Crippen molar-refractivity contribution in [2.24, 2.45) is 0 Å². The number of halogens is 1. The van der Waals surface area contributed by atoms with Crippen LogP contribution in [0.2, 0.25) is 5.28 Å². The van der Waals surface area contributed by atoms with Crippen LogP contribution in [0.3, 0.4) is 0 Å². The lowest BCUT2D eigenvalue weighted by Crippen LogP contribution is -2.02. The fourth-order valence-electron chi connectivity index (χ4n) is 1.65. The Bertz CT molecular complexity index is 678. The minimum Gasteiger partial charge on any atom is -0.363 e. The molecule has 3 heterocycles. The Hall–Kier alpha value is -1.24. The lowest BCUT2D eigenvalue weighted by Gasteiger charge is -2.04. The van der Waals surface area contributed by atoms with Gasteiger partial charge in [0.2, 0.25) is 5.28 Å². The summed E-state index contributed by atoms with van der Waals surface area (Å²) >= 11 is 9.15. The van der Waals surface area contributed by atoms with Crippen molar-refractivity contribution in [1.82, 2.24) is 15.0 Å². The van der Waals surface area contributed by atoms with Gasteiger partial charge in [-0.3, -0.25) is 0 Å². The van der Waals surface area contributed by atoms with Crippen molar-refractivity contribution in [2.45, 2.75) is 13.5 Å². The SMILES string of the molecule is Cc1cc2c(NCc3nccs3)nc(Cl)nc2s1. The summed E-state index contributed by atoms with van der Waals surface area (Å²) in [6.07, 6.45) is 1.79. The molecule has 0 atom stereocenters. The molecule has 7 heteroatoms. The Balaban J connectivity index is 1.95. The van der Waals surface area contributed by atoms with E-state index in [1.807, 2.05) is 12.3 Å². The van der Waals surface area contributed by atoms with Crippen LogP contribution >= 0.6 is 34.3 Å². The van der Waals surface area contributed by atoms with Crippen LogP contribution in [0.1, 0.15) is 9.88 Å². The summed E-state index contributed by atoms with van der Waals surface area (Å²) in [5.74, 6) is 0.768. The van der Waals surface area contributed by atoms with Gasteiger partial charge in [-0.05, 0) is 24.6 Å². The molecule has 0 aliphatic heterocycles. The van der Waals surface area contributed by atoms with Gasteiger partial charge in [-0.25, -0.2) is 15.0 Å². The minimum atomic E-state index is 0.269. The molecule has 0 unspecified atom stereocenters. The second kappa shape index (κ2) is 4.79. The van der Waals surface area contributed by atoms with E-state index in [0.29, 0.717) is 6.54 Å². The molecule has 0 aliphatic rings. The van der Waals surface area contributed by atoms with Gasteiger partial charge in [0.05, 0.1) is 11.9 Å². The number of rotatable bonds is 3. The van der Waals surface area contributed by atoms with Gasteiger partial charge in [-0.15, -0.1) is 22.7 Å². The standard InChI is InChI=1S/C11H9ClN4S2/c1-6-4-7-9(14-5-8-13-2-3-17-8)15-11(12)16-10(7)18-6/h2-4H,5H2,1H3,(H,14,15,16). The molecule has 4 nitrogen and oxygen atoms in total. The largest absolute Gasteiger partial charge is 0.363 e. The fraction of sp³-hybridized carbons (Fsp3) is 0.182. The first kappa shape index (κ1) is 11.8. The number of hydrogen-bond acceptors (Lipinski definition) is 6. The average molecular weight is 297 g/mol. The van der Waals surface area contributed by atoms with Crippen LogP contribution in [0.5, 0.6) is 0 Å². The van der Waals surface area contributed by atoms with E-state index < -0.39 is 0 Å². The molecule has 3 rings (SSSR count). The predicted octanol–water partition coefficient (Wildman–Crippen LogP) is 3.72. The van der Waals surface area contributed by atoms with Gasteiger partial charge in [0.15, 0.2) is 0 Å². The molecule has 92 valence electrons. The summed E-state index contributed by atoms with van der Waals surface area (Å²) in [6.45, 7) is 2.69. The highest BCUT2D eigenvalue weighted by atomic mass is 35.5. The summed E-state index contributed by atoms with van der Waals surface area (Å²) in [6, 6.07) is 2.07. The molecule has 0 aromatic carbocycles. The summed E-state index contributed by atoms with van der Waals surface area (Å²) in [5.41, 5.74) is 0. The van der Waals surface area contributed by atoms with Crippen LogP contribution < -0.4 is 5.32 Å². The third-order valence-corrected chi connectivity index (χ3v) is 4.27. The van der Waals surface area contributed by atoms with E-state index in [1.54, 1.807) is 28.9 Å². The Labute approximate surface area is 117 Å². The van der Waals surface area contributed by atoms with Gasteiger partial charge in [0.1, 0.15) is 15.7 Å². The number of aryl methyl sites for hydroxylation is 1. The molecule has 1 N–H and O–H groups in total. The van der Waals surface area contributed by atoms with Crippen molar-refractivity contribution in [3.05, 3.63) is 32.8 Å². The summed E-state index contributed by atoms with van der Waals surface area (Å²) < 4.78 is 0. The number of aromatic nitrogens is 3. The van der Waals surface area contributed by atoms with Gasteiger partial charge in [0, 0.05) is 16.5 Å². The predicted molar refractivity (Wildman–Crippen MR) is 76.6 cm³/mol. The molecule has 0 saturated carbocycles. The first-order chi connectivity index (χ1) is 8.72. The molecule has 0 saturated heterocycles. The normalized spacial score (nSPS) is 11.0. The molecule has 0 aliphatic carbocycles. The lowest BCUT2D eigenvalue weighted by atomic mass is 10.3. The van der Waals surface area contributed by atoms with E-state index >= 15 is 0 Å². The number of hydrogen-bond donors (Lipinski definition) is 1. The molecular formula is C11H9ClN4S2. The highest BCUT2D eigenvalue weighted by Crippen LogP contribution is 2.29. The van der Waals surface area contributed by atoms with E-state index in [1.165, 1.54) is 4.88 Å². The van der Waals surface area contributed by atoms with Crippen molar-refractivity contribution in [2.75, 3.05) is 5.32 Å². The van der Waals surface area contributed by atoms with Crippen LogP contribution in [0.4, 0.5) is 5.82 Å². The molecule has 0 amide bonds. The number of thiophene rings is 1. The van der Waals surface area contributed by atoms with Gasteiger partial charge >= 0.3 is 0 Å². The van der Waals surface area contributed by atoms with Crippen LogP contribution in [-0.4, -0.2) is 15.0 Å². The quantitative estimate of drug-likeness (QED) is 0.748. The number of fused-ring (bicyclic) bond motifs is 1. The van der Waals surface area contributed by atoms with Gasteiger partial charge < -0.3 is 5.32 Å². The highest BCUT2D eigenvalue weighted by molar-refractivity contribution is 7.18. The van der Waals surface area contributed by atoms with E-state index in [-0.39, 0.29) is 5.28 Å². The van der Waals surface area contributed by atoms with E-state index in [0.717, 1.165) is 21.0 Å². The van der Waals surface area contributed by atoms with E-state index in [9.17, 15) is 0 Å². The average Bonchev–Trinajstić information content (AvgIpc) is 2.93. The zero-order chi connectivity index (χ0) is 12.5. The van der Waals surface area contributed by atoms with Crippen molar-refractivity contribution < 1.29 is 0 Å². The topological polar surface area (TPSA) is 50.7 Å². The minimum absolute atomic E-state index is 0.269. The molecule has 18 heavy (non-hydrogen) atoms. The van der Waals surface area contributed by atoms with E-state index in [2.05, 4.69) is 26.3 Å². The van der Waals surface area contributed by atoms with Crippen molar-refractivity contribution in [3.63, 3.8) is 0 Å². The van der Waals surface area contributed by atoms with E-state index in [4.69, 9.17) is 11.6 Å². The Kier molecular flexibility index (Phi) is 3.15. The maximum atomic E-state index is 5.93. The fourth-order valence-corrected chi connectivity index (χ4v) is 3.30. The second-order valence-corrected chi connectivity index (χ2v) is 6.25. The number of thiazole rings is 1. The summed E-state index contributed by atoms with van der Waals surface area (Å²) in [4.78, 5) is 14.8. The summed E-state index contributed by atoms with van der Waals surface area (Å²) in [7, 11) is 0. The Morgan fingerprint density at radius 1 is 1.39 bits per heavy atom. The number of anilines is 1. The lowest BCUT2D eigenvalue weighted by molar-refractivity contribution is 1.08. The van der Waals surface area contributed by atoms with Crippen LogP contribution in [0.15, 0.2) is 17.6 Å². The first-order valence-corrected chi connectivity index (χ1v) is 7.36. The molecule has 0 fully saturated rings. The molecule has 3 aromatic heterocycles. The maximum absolute atomic E-state index is 5.93. The van der Waals surface area contributed by atoms with Crippen molar-refractivity contribution in [1.29, 1.82) is 0 Å². The van der Waals surface area contributed by atoms with Crippen LogP contribution in [-0.2, 0) is 6.54 Å². The van der Waals surface area contributed by atoms with Crippen LogP contribution in [0, 0.1) is 6.92 Å². The van der Waals surface area contributed by atoms with Gasteiger partial charge in [-0.2, -0.15) is 0 Å². The van der Waals surface area contributed by atoms with Gasteiger partial charge in [0.25, 0.3) is 0 Å². The number of nitrogens with one attached hydrogen (secondary N) is 1. The maximum Gasteiger partial charge on any atom is 0.225 e. The molecular weight excluding hydrogens is 288 g/mol. The monoisotopic (exact) mass is 296 g/mol. The molecule has 0 bridgehead atoms. The third kappa shape index (κ3) is 2.31. The smallest absolute Gasteiger partial charge is 0.225 e. The first-order valence-electron chi connectivity index (χ1n) is 5.28. The van der Waals surface area contributed by atoms with Crippen molar-refractivity contribution in [3.8, 4) is 0 Å². The molecule has 3 aromatic rings. The Morgan fingerprint density at radius 2 is 2.28 bits per heavy atom. The zero-order valence-electron chi connectivity index (χ0n) is 9.48. The number of nitrogens with zero attached hydrogens (tertiary/aromatic N) is 3. The second-order valence-electron chi connectivity index (χ2n) is 3.70. The highest BCUT2D eigenvalue weighted by Gasteiger charge is 2.09. The summed E-state index contributed by atoms with van der Waals surface area (Å²) in [5, 5.41) is 7.52. The zero-order valence-corrected chi connectivity index (χ0v) is 11.9. The molecule has 0 spiro atoms.